The number of carbonyl (C=O) groups excluding carboxylic acids is 1. The number of benzene rings is 2. The number of nitro benzene ring substituents is 1. The van der Waals surface area contributed by atoms with Crippen LogP contribution in [0.5, 0.6) is 5.75 Å². The third kappa shape index (κ3) is 5.22. The molecule has 1 aliphatic rings. The number of nitro groups is 1. The lowest BCUT2D eigenvalue weighted by Crippen LogP contribution is -2.24. The number of ether oxygens (including phenoxy) is 1. The number of nitrogens with one attached hydrogen (secondary N) is 1. The van der Waals surface area contributed by atoms with Gasteiger partial charge in [-0.25, -0.2) is 0 Å². The van der Waals surface area contributed by atoms with Crippen LogP contribution in [0.2, 0.25) is 0 Å². The largest absolute Gasteiger partial charge is 0.477 e. The van der Waals surface area contributed by atoms with Gasteiger partial charge in [-0.2, -0.15) is 0 Å². The SMILES string of the molecule is Cc1ccc(OCC(=O)Nc2ccc(N3CCCCCC3)cc2)c([N+](=O)[O-])c1. The van der Waals surface area contributed by atoms with Gasteiger partial charge in [-0.1, -0.05) is 18.9 Å². The molecule has 0 unspecified atom stereocenters. The number of hydrogen-bond acceptors (Lipinski definition) is 5. The summed E-state index contributed by atoms with van der Waals surface area (Å²) in [6.07, 6.45) is 4.98. The first-order chi connectivity index (χ1) is 13.5. The summed E-state index contributed by atoms with van der Waals surface area (Å²) in [5.41, 5.74) is 2.44. The van der Waals surface area contributed by atoms with Gasteiger partial charge in [0.1, 0.15) is 0 Å². The van der Waals surface area contributed by atoms with E-state index in [-0.39, 0.29) is 24.0 Å². The summed E-state index contributed by atoms with van der Waals surface area (Å²) in [5, 5.41) is 13.9. The van der Waals surface area contributed by atoms with Crippen molar-refractivity contribution in [2.75, 3.05) is 29.9 Å². The Labute approximate surface area is 164 Å². The molecule has 1 fully saturated rings. The predicted octanol–water partition coefficient (Wildman–Crippen LogP) is 4.30. The van der Waals surface area contributed by atoms with Crippen LogP contribution in [0.1, 0.15) is 31.2 Å². The molecule has 0 aliphatic carbocycles. The van der Waals surface area contributed by atoms with Gasteiger partial charge in [-0.15, -0.1) is 0 Å². The molecule has 1 heterocycles. The van der Waals surface area contributed by atoms with Gasteiger partial charge in [-0.05, 0) is 55.7 Å². The molecule has 0 spiro atoms. The maximum Gasteiger partial charge on any atom is 0.311 e. The summed E-state index contributed by atoms with van der Waals surface area (Å²) >= 11 is 0. The van der Waals surface area contributed by atoms with Crippen molar-refractivity contribution in [3.05, 3.63) is 58.1 Å². The molecule has 148 valence electrons. The highest BCUT2D eigenvalue weighted by molar-refractivity contribution is 5.92. The Morgan fingerprint density at radius 3 is 2.43 bits per heavy atom. The van der Waals surface area contributed by atoms with E-state index in [4.69, 9.17) is 4.74 Å². The van der Waals surface area contributed by atoms with E-state index in [1.54, 1.807) is 13.0 Å². The molecule has 0 aromatic heterocycles. The fourth-order valence-corrected chi connectivity index (χ4v) is 3.32. The summed E-state index contributed by atoms with van der Waals surface area (Å²) in [5.74, 6) is -0.278. The molecule has 28 heavy (non-hydrogen) atoms. The van der Waals surface area contributed by atoms with Gasteiger partial charge in [-0.3, -0.25) is 14.9 Å². The third-order valence-corrected chi connectivity index (χ3v) is 4.79. The zero-order valence-corrected chi connectivity index (χ0v) is 16.0. The van der Waals surface area contributed by atoms with E-state index < -0.39 is 4.92 Å². The van der Waals surface area contributed by atoms with E-state index >= 15 is 0 Å². The van der Waals surface area contributed by atoms with Crippen LogP contribution in [-0.4, -0.2) is 30.5 Å². The van der Waals surface area contributed by atoms with Crippen molar-refractivity contribution in [3.63, 3.8) is 0 Å². The number of amides is 1. The van der Waals surface area contributed by atoms with Crippen molar-refractivity contribution in [3.8, 4) is 5.75 Å². The smallest absolute Gasteiger partial charge is 0.311 e. The molecule has 2 aromatic rings. The minimum Gasteiger partial charge on any atom is -0.477 e. The summed E-state index contributed by atoms with van der Waals surface area (Å²) in [4.78, 5) is 25.1. The molecule has 7 heteroatoms. The summed E-state index contributed by atoms with van der Waals surface area (Å²) in [6.45, 7) is 3.60. The van der Waals surface area contributed by atoms with Crippen molar-refractivity contribution >= 4 is 23.0 Å². The van der Waals surface area contributed by atoms with Crippen LogP contribution in [0.3, 0.4) is 0 Å². The predicted molar refractivity (Wildman–Crippen MR) is 109 cm³/mol. The van der Waals surface area contributed by atoms with Gasteiger partial charge >= 0.3 is 5.69 Å². The van der Waals surface area contributed by atoms with Gasteiger partial charge in [0.15, 0.2) is 12.4 Å². The highest BCUT2D eigenvalue weighted by Crippen LogP contribution is 2.27. The molecule has 2 aromatic carbocycles. The van der Waals surface area contributed by atoms with Crippen molar-refractivity contribution in [2.24, 2.45) is 0 Å². The number of nitrogens with zero attached hydrogens (tertiary/aromatic N) is 2. The lowest BCUT2D eigenvalue weighted by atomic mass is 10.2. The second-order valence-electron chi connectivity index (χ2n) is 7.01. The Morgan fingerprint density at radius 1 is 1.11 bits per heavy atom. The Kier molecular flexibility index (Phi) is 6.47. The van der Waals surface area contributed by atoms with Crippen LogP contribution in [0.4, 0.5) is 17.1 Å². The van der Waals surface area contributed by atoms with Crippen LogP contribution in [0, 0.1) is 17.0 Å². The first-order valence-electron chi connectivity index (χ1n) is 9.55. The monoisotopic (exact) mass is 383 g/mol. The Morgan fingerprint density at radius 2 is 1.79 bits per heavy atom. The molecule has 0 bridgehead atoms. The van der Waals surface area contributed by atoms with E-state index in [1.807, 2.05) is 24.3 Å². The Balaban J connectivity index is 1.56. The number of rotatable bonds is 6. The molecule has 1 saturated heterocycles. The van der Waals surface area contributed by atoms with Gasteiger partial charge in [0, 0.05) is 30.5 Å². The van der Waals surface area contributed by atoms with Crippen molar-refractivity contribution < 1.29 is 14.5 Å². The molecular weight excluding hydrogens is 358 g/mol. The zero-order chi connectivity index (χ0) is 19.9. The van der Waals surface area contributed by atoms with Gasteiger partial charge < -0.3 is 15.0 Å². The normalized spacial score (nSPS) is 14.2. The summed E-state index contributed by atoms with van der Waals surface area (Å²) in [6, 6.07) is 12.4. The lowest BCUT2D eigenvalue weighted by Gasteiger charge is -2.22. The van der Waals surface area contributed by atoms with Crippen LogP contribution < -0.4 is 15.0 Å². The summed E-state index contributed by atoms with van der Waals surface area (Å²) < 4.78 is 5.36. The van der Waals surface area contributed by atoms with Crippen molar-refractivity contribution in [2.45, 2.75) is 32.6 Å². The van der Waals surface area contributed by atoms with Gasteiger partial charge in [0.25, 0.3) is 5.91 Å². The quantitative estimate of drug-likeness (QED) is 0.594. The molecule has 0 atom stereocenters. The fourth-order valence-electron chi connectivity index (χ4n) is 3.32. The fraction of sp³-hybridized carbons (Fsp3) is 0.381. The minimum absolute atomic E-state index is 0.0854. The zero-order valence-electron chi connectivity index (χ0n) is 16.0. The molecular formula is C21H25N3O4. The van der Waals surface area contributed by atoms with Crippen molar-refractivity contribution in [1.29, 1.82) is 0 Å². The average molecular weight is 383 g/mol. The van der Waals surface area contributed by atoms with E-state index in [2.05, 4.69) is 10.2 Å². The first kappa shape index (κ1) is 19.7. The molecule has 0 radical (unpaired) electrons. The minimum atomic E-state index is -0.512. The topological polar surface area (TPSA) is 84.7 Å². The molecule has 1 aliphatic heterocycles. The third-order valence-electron chi connectivity index (χ3n) is 4.79. The molecule has 1 N–H and O–H groups in total. The van der Waals surface area contributed by atoms with Crippen LogP contribution in [0.25, 0.3) is 0 Å². The molecule has 1 amide bonds. The van der Waals surface area contributed by atoms with E-state index in [1.165, 1.54) is 37.8 Å². The highest BCUT2D eigenvalue weighted by atomic mass is 16.6. The average Bonchev–Trinajstić information content (AvgIpc) is 2.97. The molecule has 3 rings (SSSR count). The maximum atomic E-state index is 12.1. The molecule has 7 nitrogen and oxygen atoms in total. The second kappa shape index (κ2) is 9.21. The van der Waals surface area contributed by atoms with E-state index in [0.717, 1.165) is 24.3 Å². The van der Waals surface area contributed by atoms with Crippen LogP contribution in [-0.2, 0) is 4.79 Å². The van der Waals surface area contributed by atoms with Crippen LogP contribution >= 0.6 is 0 Å². The standard InChI is InChI=1S/C21H25N3O4/c1-16-6-11-20(19(14-16)24(26)27)28-15-21(25)22-17-7-9-18(10-8-17)23-12-4-2-3-5-13-23/h6-11,14H,2-5,12-13,15H2,1H3,(H,22,25). The first-order valence-corrected chi connectivity index (χ1v) is 9.55. The van der Waals surface area contributed by atoms with Crippen LogP contribution in [0.15, 0.2) is 42.5 Å². The maximum absolute atomic E-state index is 12.1. The highest BCUT2D eigenvalue weighted by Gasteiger charge is 2.16. The number of aryl methyl sites for hydroxylation is 1. The molecule has 0 saturated carbocycles. The number of anilines is 2. The van der Waals surface area contributed by atoms with E-state index in [0.29, 0.717) is 5.69 Å². The number of hydrogen-bond donors (Lipinski definition) is 1. The van der Waals surface area contributed by atoms with Gasteiger partial charge in [0.05, 0.1) is 4.92 Å². The Hall–Kier alpha value is -3.09. The van der Waals surface area contributed by atoms with Crippen molar-refractivity contribution in [1.82, 2.24) is 0 Å². The van der Waals surface area contributed by atoms with E-state index in [9.17, 15) is 14.9 Å². The second-order valence-corrected chi connectivity index (χ2v) is 7.01. The summed E-state index contributed by atoms with van der Waals surface area (Å²) in [7, 11) is 0. The van der Waals surface area contributed by atoms with Gasteiger partial charge in [0.2, 0.25) is 0 Å². The Bertz CT molecular complexity index is 828. The lowest BCUT2D eigenvalue weighted by molar-refractivity contribution is -0.385. The number of carbonyl (C=O) groups is 1.